The first-order valence-corrected chi connectivity index (χ1v) is 10.4. The van der Waals surface area contributed by atoms with E-state index in [2.05, 4.69) is 40.5 Å². The van der Waals surface area contributed by atoms with Crippen LogP contribution in [0, 0.1) is 13.8 Å². The van der Waals surface area contributed by atoms with Gasteiger partial charge in [-0.1, -0.05) is 37.3 Å². The molecule has 1 atom stereocenters. The second kappa shape index (κ2) is 9.74. The van der Waals surface area contributed by atoms with Gasteiger partial charge in [0.05, 0.1) is 0 Å². The molecule has 3 rings (SSSR count). The summed E-state index contributed by atoms with van der Waals surface area (Å²) in [7, 11) is 0. The third kappa shape index (κ3) is 5.83. The lowest BCUT2D eigenvalue weighted by Crippen LogP contribution is -2.37. The molecule has 2 aromatic rings. The van der Waals surface area contributed by atoms with E-state index in [1.807, 2.05) is 32.9 Å². The van der Waals surface area contributed by atoms with Crippen molar-refractivity contribution in [3.05, 3.63) is 64.7 Å². The molecule has 1 N–H and O–H groups in total. The Morgan fingerprint density at radius 3 is 2.25 bits per heavy atom. The van der Waals surface area contributed by atoms with Crippen LogP contribution in [0.4, 0.5) is 0 Å². The Hall–Kier alpha value is -2.33. The van der Waals surface area contributed by atoms with Crippen molar-refractivity contribution >= 4 is 5.91 Å². The highest BCUT2D eigenvalue weighted by Crippen LogP contribution is 2.19. The van der Waals surface area contributed by atoms with Gasteiger partial charge in [0.25, 0.3) is 5.91 Å². The maximum atomic E-state index is 12.6. The summed E-state index contributed by atoms with van der Waals surface area (Å²) >= 11 is 0. The van der Waals surface area contributed by atoms with Gasteiger partial charge in [-0.25, -0.2) is 0 Å². The Kier molecular flexibility index (Phi) is 7.10. The molecule has 1 aliphatic heterocycles. The molecule has 150 valence electrons. The third-order valence-electron chi connectivity index (χ3n) is 5.23. The number of rotatable bonds is 8. The lowest BCUT2D eigenvalue weighted by Gasteiger charge is -2.18. The van der Waals surface area contributed by atoms with Gasteiger partial charge < -0.3 is 10.1 Å². The first-order valence-electron chi connectivity index (χ1n) is 10.4. The minimum atomic E-state index is -0.476. The first-order chi connectivity index (χ1) is 13.5. The number of aryl methyl sites for hydroxylation is 2. The number of amides is 1. The largest absolute Gasteiger partial charge is 0.481 e. The van der Waals surface area contributed by atoms with Gasteiger partial charge >= 0.3 is 0 Å². The van der Waals surface area contributed by atoms with Crippen molar-refractivity contribution in [2.45, 2.75) is 59.2 Å². The molecule has 0 unspecified atom stereocenters. The lowest BCUT2D eigenvalue weighted by molar-refractivity contribution is -0.128. The fraction of sp³-hybridized carbons (Fsp3) is 0.458. The van der Waals surface area contributed by atoms with Gasteiger partial charge in [0, 0.05) is 13.1 Å². The fourth-order valence-corrected chi connectivity index (χ4v) is 3.75. The molecule has 0 saturated carbocycles. The van der Waals surface area contributed by atoms with E-state index in [-0.39, 0.29) is 5.91 Å². The van der Waals surface area contributed by atoms with Crippen molar-refractivity contribution in [3.63, 3.8) is 0 Å². The van der Waals surface area contributed by atoms with E-state index in [1.54, 1.807) is 0 Å². The standard InChI is InChI=1S/C24H32N2O2/c1-4-23(28-22-14-18(2)13-19(3)15-22)24(27)25-16-20-7-9-21(10-8-20)17-26-11-5-6-12-26/h7-10,13-15,23H,4-6,11-12,16-17H2,1-3H3,(H,25,27)/t23-/m0/s1. The maximum absolute atomic E-state index is 12.6. The summed E-state index contributed by atoms with van der Waals surface area (Å²) in [4.78, 5) is 15.1. The number of hydrogen-bond donors (Lipinski definition) is 1. The molecular weight excluding hydrogens is 348 g/mol. The number of carbonyl (C=O) groups is 1. The second-order valence-corrected chi connectivity index (χ2v) is 7.86. The van der Waals surface area contributed by atoms with Crippen LogP contribution in [0.1, 0.15) is 48.4 Å². The number of benzene rings is 2. The van der Waals surface area contributed by atoms with Crippen molar-refractivity contribution in [1.82, 2.24) is 10.2 Å². The van der Waals surface area contributed by atoms with Gasteiger partial charge in [0.2, 0.25) is 0 Å². The summed E-state index contributed by atoms with van der Waals surface area (Å²) in [5.41, 5.74) is 4.72. The minimum absolute atomic E-state index is 0.0668. The van der Waals surface area contributed by atoms with Crippen molar-refractivity contribution in [2.24, 2.45) is 0 Å². The zero-order valence-corrected chi connectivity index (χ0v) is 17.3. The molecule has 2 aromatic carbocycles. The number of ether oxygens (including phenoxy) is 1. The SMILES string of the molecule is CC[C@H](Oc1cc(C)cc(C)c1)C(=O)NCc1ccc(CN2CCCC2)cc1. The second-order valence-electron chi connectivity index (χ2n) is 7.86. The zero-order valence-electron chi connectivity index (χ0n) is 17.3. The van der Waals surface area contributed by atoms with Gasteiger partial charge in [0.1, 0.15) is 5.75 Å². The van der Waals surface area contributed by atoms with E-state index in [9.17, 15) is 4.79 Å². The zero-order chi connectivity index (χ0) is 19.9. The summed E-state index contributed by atoms with van der Waals surface area (Å²) in [5, 5.41) is 3.02. The van der Waals surface area contributed by atoms with E-state index in [1.165, 1.54) is 31.5 Å². The van der Waals surface area contributed by atoms with Crippen LogP contribution in [0.3, 0.4) is 0 Å². The van der Waals surface area contributed by atoms with Crippen LogP contribution < -0.4 is 10.1 Å². The Labute approximate surface area is 168 Å². The minimum Gasteiger partial charge on any atom is -0.481 e. The molecule has 1 heterocycles. The molecule has 1 aliphatic rings. The molecule has 28 heavy (non-hydrogen) atoms. The molecule has 1 amide bonds. The Balaban J connectivity index is 1.51. The van der Waals surface area contributed by atoms with Crippen molar-refractivity contribution < 1.29 is 9.53 Å². The average molecular weight is 381 g/mol. The Bertz CT molecular complexity index is 759. The smallest absolute Gasteiger partial charge is 0.261 e. The number of hydrogen-bond acceptors (Lipinski definition) is 3. The van der Waals surface area contributed by atoms with E-state index in [0.717, 1.165) is 29.0 Å². The number of likely N-dealkylation sites (tertiary alicyclic amines) is 1. The molecular formula is C24H32N2O2. The van der Waals surface area contributed by atoms with Crippen molar-refractivity contribution in [3.8, 4) is 5.75 Å². The van der Waals surface area contributed by atoms with Gasteiger partial charge in [-0.3, -0.25) is 9.69 Å². The maximum Gasteiger partial charge on any atom is 0.261 e. The summed E-state index contributed by atoms with van der Waals surface area (Å²) in [6.07, 6.45) is 2.78. The van der Waals surface area contributed by atoms with Crippen LogP contribution in [-0.4, -0.2) is 30.0 Å². The van der Waals surface area contributed by atoms with Crippen LogP contribution in [0.2, 0.25) is 0 Å². The van der Waals surface area contributed by atoms with Gasteiger partial charge in [-0.2, -0.15) is 0 Å². The summed E-state index contributed by atoms with van der Waals surface area (Å²) < 4.78 is 5.95. The lowest BCUT2D eigenvalue weighted by atomic mass is 10.1. The topological polar surface area (TPSA) is 41.6 Å². The predicted octanol–water partition coefficient (Wildman–Crippen LogP) is 4.37. The van der Waals surface area contributed by atoms with Crippen LogP contribution in [-0.2, 0) is 17.9 Å². The molecule has 4 heteroatoms. The molecule has 0 aliphatic carbocycles. The van der Waals surface area contributed by atoms with E-state index in [0.29, 0.717) is 13.0 Å². The molecule has 0 bridgehead atoms. The van der Waals surface area contributed by atoms with Crippen LogP contribution in [0.5, 0.6) is 5.75 Å². The van der Waals surface area contributed by atoms with Crippen molar-refractivity contribution in [2.75, 3.05) is 13.1 Å². The Morgan fingerprint density at radius 2 is 1.64 bits per heavy atom. The molecule has 0 radical (unpaired) electrons. The molecule has 0 aromatic heterocycles. The quantitative estimate of drug-likeness (QED) is 0.739. The highest BCUT2D eigenvalue weighted by molar-refractivity contribution is 5.81. The average Bonchev–Trinajstić information content (AvgIpc) is 3.17. The molecule has 0 spiro atoms. The normalized spacial score (nSPS) is 15.4. The Morgan fingerprint density at radius 1 is 1.04 bits per heavy atom. The van der Waals surface area contributed by atoms with E-state index in [4.69, 9.17) is 4.74 Å². The molecule has 1 saturated heterocycles. The summed E-state index contributed by atoms with van der Waals surface area (Å²) in [6.45, 7) is 10.00. The van der Waals surface area contributed by atoms with Crippen LogP contribution in [0.15, 0.2) is 42.5 Å². The predicted molar refractivity (Wildman–Crippen MR) is 113 cm³/mol. The summed E-state index contributed by atoms with van der Waals surface area (Å²) in [5.74, 6) is 0.688. The van der Waals surface area contributed by atoms with Crippen LogP contribution in [0.25, 0.3) is 0 Å². The first kappa shape index (κ1) is 20.4. The van der Waals surface area contributed by atoms with E-state index >= 15 is 0 Å². The highest BCUT2D eigenvalue weighted by Gasteiger charge is 2.18. The number of carbonyl (C=O) groups excluding carboxylic acids is 1. The monoisotopic (exact) mass is 380 g/mol. The molecule has 4 nitrogen and oxygen atoms in total. The van der Waals surface area contributed by atoms with Gasteiger partial charge in [-0.15, -0.1) is 0 Å². The van der Waals surface area contributed by atoms with E-state index < -0.39 is 6.10 Å². The van der Waals surface area contributed by atoms with Crippen LogP contribution >= 0.6 is 0 Å². The number of nitrogens with one attached hydrogen (secondary N) is 1. The van der Waals surface area contributed by atoms with Gasteiger partial charge in [0.15, 0.2) is 6.10 Å². The summed E-state index contributed by atoms with van der Waals surface area (Å²) in [6, 6.07) is 14.6. The van der Waals surface area contributed by atoms with Crippen molar-refractivity contribution in [1.29, 1.82) is 0 Å². The fourth-order valence-electron chi connectivity index (χ4n) is 3.75. The molecule has 1 fully saturated rings. The third-order valence-corrected chi connectivity index (χ3v) is 5.23. The van der Waals surface area contributed by atoms with Gasteiger partial charge in [-0.05, 0) is 80.6 Å². The number of nitrogens with zero attached hydrogens (tertiary/aromatic N) is 1. The highest BCUT2D eigenvalue weighted by atomic mass is 16.5.